The molecule has 1 fully saturated rings. The van der Waals surface area contributed by atoms with E-state index < -0.39 is 0 Å². The highest BCUT2D eigenvalue weighted by Crippen LogP contribution is 2.35. The molecule has 7 heteroatoms. The van der Waals surface area contributed by atoms with Crippen LogP contribution in [-0.2, 0) is 13.0 Å². The van der Waals surface area contributed by atoms with Crippen LogP contribution in [0.4, 0.5) is 0 Å². The Balaban J connectivity index is 1.60. The van der Waals surface area contributed by atoms with Gasteiger partial charge in [0.25, 0.3) is 5.91 Å². The van der Waals surface area contributed by atoms with Crippen molar-refractivity contribution in [1.29, 1.82) is 0 Å². The van der Waals surface area contributed by atoms with Crippen LogP contribution in [0.1, 0.15) is 46.9 Å². The van der Waals surface area contributed by atoms with Crippen molar-refractivity contribution >= 4 is 28.3 Å². The smallest absolute Gasteiger partial charge is 0.326 e. The van der Waals surface area contributed by atoms with E-state index in [1.54, 1.807) is 33.9 Å². The molecule has 0 spiro atoms. The Kier molecular flexibility index (Phi) is 3.95. The van der Waals surface area contributed by atoms with Crippen LogP contribution < -0.4 is 5.69 Å². The van der Waals surface area contributed by atoms with E-state index in [1.165, 1.54) is 0 Å². The molecule has 25 heavy (non-hydrogen) atoms. The predicted octanol–water partition coefficient (Wildman–Crippen LogP) is 2.96. The third-order valence-corrected chi connectivity index (χ3v) is 5.57. The van der Waals surface area contributed by atoms with Gasteiger partial charge in [-0.1, -0.05) is 6.92 Å². The number of fused-ring (bicyclic) bond motifs is 1. The third-order valence-electron chi connectivity index (χ3n) is 4.52. The zero-order valence-electron chi connectivity index (χ0n) is 14.3. The minimum absolute atomic E-state index is 0.0658. The summed E-state index contributed by atoms with van der Waals surface area (Å²) in [4.78, 5) is 33.9. The van der Waals surface area contributed by atoms with E-state index in [2.05, 4.69) is 16.9 Å². The molecule has 0 bridgehead atoms. The van der Waals surface area contributed by atoms with Gasteiger partial charge in [0.2, 0.25) is 0 Å². The Morgan fingerprint density at radius 1 is 1.44 bits per heavy atom. The van der Waals surface area contributed by atoms with Crippen molar-refractivity contribution < 1.29 is 4.79 Å². The minimum atomic E-state index is -0.0926. The lowest BCUT2D eigenvalue weighted by molar-refractivity contribution is 0.0783. The van der Waals surface area contributed by atoms with E-state index in [0.717, 1.165) is 41.0 Å². The second kappa shape index (κ2) is 6.15. The Morgan fingerprint density at radius 3 is 2.92 bits per heavy atom. The molecule has 2 aromatic heterocycles. The molecule has 0 radical (unpaired) electrons. The van der Waals surface area contributed by atoms with E-state index in [9.17, 15) is 9.59 Å². The molecule has 0 atom stereocenters. The summed E-state index contributed by atoms with van der Waals surface area (Å²) in [5.74, 6) is -0.0658. The number of imidazole rings is 1. The summed E-state index contributed by atoms with van der Waals surface area (Å²) in [6.07, 6.45) is 2.95. The van der Waals surface area contributed by atoms with Gasteiger partial charge in [0.1, 0.15) is 0 Å². The fourth-order valence-electron chi connectivity index (χ4n) is 3.07. The Hall–Kier alpha value is -2.41. The zero-order chi connectivity index (χ0) is 17.6. The number of aromatic amines is 1. The largest absolute Gasteiger partial charge is 0.336 e. The van der Waals surface area contributed by atoms with E-state index >= 15 is 0 Å². The summed E-state index contributed by atoms with van der Waals surface area (Å²) in [5, 5.41) is 3.08. The molecule has 0 aliphatic heterocycles. The van der Waals surface area contributed by atoms with Crippen molar-refractivity contribution in [2.75, 3.05) is 7.05 Å². The second-order valence-corrected chi connectivity index (χ2v) is 7.45. The first-order chi connectivity index (χ1) is 12.1. The standard InChI is InChI=1S/C18H20N4O2S/c1-3-16-19-12(10-25-16)9-21(2)17(23)11-4-7-14-15(8-11)22(13-5-6-13)18(24)20-14/h4,7-8,10,13H,3,5-6,9H2,1-2H3,(H,20,24). The summed E-state index contributed by atoms with van der Waals surface area (Å²) in [5.41, 5.74) is 3.01. The number of aryl methyl sites for hydroxylation is 1. The summed E-state index contributed by atoms with van der Waals surface area (Å²) in [6, 6.07) is 5.68. The van der Waals surface area contributed by atoms with Crippen LogP contribution in [0.2, 0.25) is 0 Å². The molecule has 2 heterocycles. The van der Waals surface area contributed by atoms with Gasteiger partial charge in [-0.05, 0) is 37.5 Å². The van der Waals surface area contributed by atoms with Gasteiger partial charge in [0, 0.05) is 24.0 Å². The molecule has 1 aliphatic rings. The number of H-pyrrole nitrogens is 1. The van der Waals surface area contributed by atoms with Crippen LogP contribution in [0.5, 0.6) is 0 Å². The van der Waals surface area contributed by atoms with Crippen LogP contribution in [0, 0.1) is 0 Å². The fraction of sp³-hybridized carbons (Fsp3) is 0.389. The quantitative estimate of drug-likeness (QED) is 0.764. The number of hydrogen-bond acceptors (Lipinski definition) is 4. The normalized spacial score (nSPS) is 14.2. The third kappa shape index (κ3) is 3.00. The predicted molar refractivity (Wildman–Crippen MR) is 98.1 cm³/mol. The molecule has 1 aliphatic carbocycles. The van der Waals surface area contributed by atoms with E-state index in [0.29, 0.717) is 12.1 Å². The summed E-state index contributed by atoms with van der Waals surface area (Å²) in [7, 11) is 1.78. The number of hydrogen-bond donors (Lipinski definition) is 1. The first-order valence-corrected chi connectivity index (χ1v) is 9.37. The van der Waals surface area contributed by atoms with Gasteiger partial charge in [-0.25, -0.2) is 9.78 Å². The maximum atomic E-state index is 12.8. The summed E-state index contributed by atoms with van der Waals surface area (Å²) >= 11 is 1.62. The van der Waals surface area contributed by atoms with Gasteiger partial charge in [-0.15, -0.1) is 11.3 Å². The highest BCUT2D eigenvalue weighted by molar-refractivity contribution is 7.09. The van der Waals surface area contributed by atoms with Gasteiger partial charge in [0.15, 0.2) is 0 Å². The number of rotatable bonds is 5. The number of nitrogens with one attached hydrogen (secondary N) is 1. The molecule has 1 N–H and O–H groups in total. The minimum Gasteiger partial charge on any atom is -0.336 e. The van der Waals surface area contributed by atoms with Gasteiger partial charge >= 0.3 is 5.69 Å². The monoisotopic (exact) mass is 356 g/mol. The highest BCUT2D eigenvalue weighted by atomic mass is 32.1. The van der Waals surface area contributed by atoms with Crippen molar-refractivity contribution in [3.05, 3.63) is 50.3 Å². The van der Waals surface area contributed by atoms with Crippen molar-refractivity contribution in [3.63, 3.8) is 0 Å². The second-order valence-electron chi connectivity index (χ2n) is 6.51. The summed E-state index contributed by atoms with van der Waals surface area (Å²) in [6.45, 7) is 2.55. The van der Waals surface area contributed by atoms with Crippen LogP contribution in [-0.4, -0.2) is 32.4 Å². The van der Waals surface area contributed by atoms with Gasteiger partial charge < -0.3 is 9.88 Å². The number of carbonyl (C=O) groups is 1. The van der Waals surface area contributed by atoms with Crippen molar-refractivity contribution in [1.82, 2.24) is 19.4 Å². The van der Waals surface area contributed by atoms with Crippen molar-refractivity contribution in [2.24, 2.45) is 0 Å². The molecule has 0 saturated heterocycles. The molecular weight excluding hydrogens is 336 g/mol. The first-order valence-electron chi connectivity index (χ1n) is 8.50. The highest BCUT2D eigenvalue weighted by Gasteiger charge is 2.27. The fourth-order valence-corrected chi connectivity index (χ4v) is 3.80. The van der Waals surface area contributed by atoms with E-state index in [4.69, 9.17) is 0 Å². The van der Waals surface area contributed by atoms with Crippen molar-refractivity contribution in [2.45, 2.75) is 38.8 Å². The molecule has 4 rings (SSSR count). The Bertz CT molecular complexity index is 996. The van der Waals surface area contributed by atoms with Gasteiger partial charge in [-0.2, -0.15) is 0 Å². The van der Waals surface area contributed by atoms with Crippen molar-refractivity contribution in [3.8, 4) is 0 Å². The number of amides is 1. The number of nitrogens with zero attached hydrogens (tertiary/aromatic N) is 3. The lowest BCUT2D eigenvalue weighted by Gasteiger charge is -2.16. The molecule has 130 valence electrons. The molecule has 6 nitrogen and oxygen atoms in total. The molecule has 0 unspecified atom stereocenters. The zero-order valence-corrected chi connectivity index (χ0v) is 15.1. The van der Waals surface area contributed by atoms with Crippen LogP contribution in [0.25, 0.3) is 11.0 Å². The number of benzene rings is 1. The van der Waals surface area contributed by atoms with Crippen LogP contribution in [0.15, 0.2) is 28.4 Å². The topological polar surface area (TPSA) is 71.0 Å². The Labute approximate surface area is 149 Å². The maximum Gasteiger partial charge on any atom is 0.326 e. The molecule has 1 saturated carbocycles. The molecule has 3 aromatic rings. The number of aromatic nitrogens is 3. The first kappa shape index (κ1) is 16.1. The van der Waals surface area contributed by atoms with E-state index in [-0.39, 0.29) is 17.6 Å². The van der Waals surface area contributed by atoms with Gasteiger partial charge in [0.05, 0.1) is 28.3 Å². The van der Waals surface area contributed by atoms with Gasteiger partial charge in [-0.3, -0.25) is 9.36 Å². The average molecular weight is 356 g/mol. The molecule has 1 amide bonds. The summed E-state index contributed by atoms with van der Waals surface area (Å²) < 4.78 is 1.78. The molecular formula is C18H20N4O2S. The Morgan fingerprint density at radius 2 is 2.24 bits per heavy atom. The van der Waals surface area contributed by atoms with Crippen LogP contribution >= 0.6 is 11.3 Å². The average Bonchev–Trinajstić information content (AvgIpc) is 3.24. The van der Waals surface area contributed by atoms with Crippen LogP contribution in [0.3, 0.4) is 0 Å². The molecule has 1 aromatic carbocycles. The number of thiazole rings is 1. The van der Waals surface area contributed by atoms with E-state index in [1.807, 2.05) is 17.5 Å². The number of carbonyl (C=O) groups excluding carboxylic acids is 1. The lowest BCUT2D eigenvalue weighted by Crippen LogP contribution is -2.26. The lowest BCUT2D eigenvalue weighted by atomic mass is 10.1. The SMILES string of the molecule is CCc1nc(CN(C)C(=O)c2ccc3[nH]c(=O)n(C4CC4)c3c2)cs1. The maximum absolute atomic E-state index is 12.8.